The molecule has 0 aliphatic carbocycles. The van der Waals surface area contributed by atoms with Gasteiger partial charge in [0, 0.05) is 25.1 Å². The summed E-state index contributed by atoms with van der Waals surface area (Å²) in [5.41, 5.74) is 8.48. The number of carbonyl (C=O) groups excluding carboxylic acids is 2. The molecule has 0 saturated carbocycles. The van der Waals surface area contributed by atoms with E-state index in [9.17, 15) is 9.59 Å². The summed E-state index contributed by atoms with van der Waals surface area (Å²) in [4.78, 5) is 25.2. The fourth-order valence-electron chi connectivity index (χ4n) is 2.96. The van der Waals surface area contributed by atoms with Gasteiger partial charge in [-0.15, -0.1) is 0 Å². The van der Waals surface area contributed by atoms with Crippen LogP contribution in [0.25, 0.3) is 6.08 Å². The first kappa shape index (κ1) is 17.1. The molecule has 124 valence electrons. The maximum Gasteiger partial charge on any atom is 0.246 e. The van der Waals surface area contributed by atoms with Gasteiger partial charge in [0.2, 0.25) is 11.8 Å². The highest BCUT2D eigenvalue weighted by molar-refractivity contribution is 5.92. The average Bonchev–Trinajstić information content (AvgIpc) is 2.53. The largest absolute Gasteiger partial charge is 0.497 e. The zero-order valence-electron chi connectivity index (χ0n) is 14.0. The molecule has 0 radical (unpaired) electrons. The molecule has 0 spiro atoms. The predicted octanol–water partition coefficient (Wildman–Crippen LogP) is 2.05. The van der Waals surface area contributed by atoms with Crippen molar-refractivity contribution >= 4 is 17.9 Å². The van der Waals surface area contributed by atoms with Gasteiger partial charge in [0.05, 0.1) is 7.11 Å². The number of ether oxygens (including phenoxy) is 1. The van der Waals surface area contributed by atoms with Crippen molar-refractivity contribution in [2.75, 3.05) is 20.2 Å². The van der Waals surface area contributed by atoms with Gasteiger partial charge in [-0.25, -0.2) is 0 Å². The molecule has 1 saturated heterocycles. The Balaban J connectivity index is 2.03. The monoisotopic (exact) mass is 316 g/mol. The number of methoxy groups -OCH3 is 1. The van der Waals surface area contributed by atoms with E-state index in [1.54, 1.807) is 18.1 Å². The Morgan fingerprint density at radius 1 is 1.22 bits per heavy atom. The first-order chi connectivity index (χ1) is 10.9. The Kier molecular flexibility index (Phi) is 5.42. The summed E-state index contributed by atoms with van der Waals surface area (Å²) in [6.07, 6.45) is 4.75. The lowest BCUT2D eigenvalue weighted by atomic mass is 9.96. The summed E-state index contributed by atoms with van der Waals surface area (Å²) in [6, 6.07) is 3.91. The number of hydrogen-bond donors (Lipinski definition) is 1. The van der Waals surface area contributed by atoms with Gasteiger partial charge < -0.3 is 15.4 Å². The van der Waals surface area contributed by atoms with Gasteiger partial charge in [-0.3, -0.25) is 9.59 Å². The number of nitrogens with two attached hydrogens (primary N) is 1. The number of hydrogen-bond acceptors (Lipinski definition) is 3. The average molecular weight is 316 g/mol. The maximum atomic E-state index is 12.3. The van der Waals surface area contributed by atoms with Gasteiger partial charge in [0.25, 0.3) is 0 Å². The summed E-state index contributed by atoms with van der Waals surface area (Å²) in [6.45, 7) is 5.16. The molecule has 1 aliphatic heterocycles. The van der Waals surface area contributed by atoms with Gasteiger partial charge in [-0.1, -0.05) is 0 Å². The Bertz CT molecular complexity index is 606. The highest BCUT2D eigenvalue weighted by Gasteiger charge is 2.24. The van der Waals surface area contributed by atoms with Gasteiger partial charge in [-0.05, 0) is 61.6 Å². The Labute approximate surface area is 137 Å². The first-order valence-electron chi connectivity index (χ1n) is 7.84. The fourth-order valence-corrected chi connectivity index (χ4v) is 2.96. The molecule has 1 aromatic carbocycles. The summed E-state index contributed by atoms with van der Waals surface area (Å²) < 4.78 is 5.24. The van der Waals surface area contributed by atoms with Crippen molar-refractivity contribution in [3.8, 4) is 5.75 Å². The van der Waals surface area contributed by atoms with Crippen molar-refractivity contribution in [2.24, 2.45) is 11.7 Å². The zero-order valence-corrected chi connectivity index (χ0v) is 14.0. The number of benzene rings is 1. The van der Waals surface area contributed by atoms with Crippen molar-refractivity contribution in [1.29, 1.82) is 0 Å². The van der Waals surface area contributed by atoms with Gasteiger partial charge in [-0.2, -0.15) is 0 Å². The van der Waals surface area contributed by atoms with E-state index in [1.807, 2.05) is 32.1 Å². The minimum Gasteiger partial charge on any atom is -0.497 e. The molecular weight excluding hydrogens is 292 g/mol. The molecular formula is C18H24N2O3. The van der Waals surface area contributed by atoms with Crippen molar-refractivity contribution in [2.45, 2.75) is 26.7 Å². The van der Waals surface area contributed by atoms with Crippen LogP contribution in [0.3, 0.4) is 0 Å². The molecule has 2 rings (SSSR count). The quantitative estimate of drug-likeness (QED) is 0.864. The Hall–Kier alpha value is -2.30. The molecule has 1 aliphatic rings. The van der Waals surface area contributed by atoms with E-state index in [4.69, 9.17) is 10.5 Å². The Morgan fingerprint density at radius 2 is 1.78 bits per heavy atom. The molecule has 0 aromatic heterocycles. The molecule has 5 nitrogen and oxygen atoms in total. The third-order valence-corrected chi connectivity index (χ3v) is 4.40. The van der Waals surface area contributed by atoms with Crippen LogP contribution >= 0.6 is 0 Å². The van der Waals surface area contributed by atoms with Crippen LogP contribution in [-0.2, 0) is 9.59 Å². The molecule has 23 heavy (non-hydrogen) atoms. The second-order valence-corrected chi connectivity index (χ2v) is 6.01. The van der Waals surface area contributed by atoms with Crippen LogP contribution in [0.5, 0.6) is 5.75 Å². The summed E-state index contributed by atoms with van der Waals surface area (Å²) in [7, 11) is 1.64. The molecule has 2 N–H and O–H groups in total. The predicted molar refractivity (Wildman–Crippen MR) is 90.0 cm³/mol. The molecule has 0 bridgehead atoms. The number of primary amides is 1. The topological polar surface area (TPSA) is 72.6 Å². The Morgan fingerprint density at radius 3 is 2.26 bits per heavy atom. The molecule has 0 atom stereocenters. The van der Waals surface area contributed by atoms with E-state index in [1.165, 1.54) is 0 Å². The third kappa shape index (κ3) is 4.12. The number of amides is 2. The number of piperidine rings is 1. The molecule has 2 amide bonds. The van der Waals surface area contributed by atoms with Crippen LogP contribution in [0.4, 0.5) is 0 Å². The number of aryl methyl sites for hydroxylation is 2. The van der Waals surface area contributed by atoms with E-state index >= 15 is 0 Å². The molecule has 1 aromatic rings. The summed E-state index contributed by atoms with van der Waals surface area (Å²) >= 11 is 0. The van der Waals surface area contributed by atoms with Crippen molar-refractivity contribution in [3.63, 3.8) is 0 Å². The highest BCUT2D eigenvalue weighted by Crippen LogP contribution is 2.23. The molecule has 1 heterocycles. The lowest BCUT2D eigenvalue weighted by Gasteiger charge is -2.29. The fraction of sp³-hybridized carbons (Fsp3) is 0.444. The lowest BCUT2D eigenvalue weighted by Crippen LogP contribution is -2.41. The number of likely N-dealkylation sites (tertiary alicyclic amines) is 1. The van der Waals surface area contributed by atoms with Crippen LogP contribution in [0, 0.1) is 19.8 Å². The first-order valence-corrected chi connectivity index (χ1v) is 7.84. The molecule has 0 unspecified atom stereocenters. The van der Waals surface area contributed by atoms with Gasteiger partial charge >= 0.3 is 0 Å². The number of nitrogens with zero attached hydrogens (tertiary/aromatic N) is 1. The SMILES string of the molecule is COc1cc(C)c(/C=C/C(=O)N2CCC(C(N)=O)CC2)c(C)c1. The van der Waals surface area contributed by atoms with Crippen molar-refractivity contribution in [1.82, 2.24) is 4.90 Å². The third-order valence-electron chi connectivity index (χ3n) is 4.40. The number of rotatable bonds is 4. The summed E-state index contributed by atoms with van der Waals surface area (Å²) in [5, 5.41) is 0. The molecule has 1 fully saturated rings. The zero-order chi connectivity index (χ0) is 17.0. The van der Waals surface area contributed by atoms with Crippen LogP contribution in [0.1, 0.15) is 29.5 Å². The van der Waals surface area contributed by atoms with Gasteiger partial charge in [0.15, 0.2) is 0 Å². The minimum atomic E-state index is -0.267. The van der Waals surface area contributed by atoms with Crippen LogP contribution in [-0.4, -0.2) is 36.9 Å². The standard InChI is InChI=1S/C18H24N2O3/c1-12-10-15(23-3)11-13(2)16(12)4-5-17(21)20-8-6-14(7-9-20)18(19)22/h4-5,10-11,14H,6-9H2,1-3H3,(H2,19,22)/b5-4+. The van der Waals surface area contributed by atoms with Crippen LogP contribution in [0.2, 0.25) is 0 Å². The smallest absolute Gasteiger partial charge is 0.246 e. The van der Waals surface area contributed by atoms with Crippen LogP contribution < -0.4 is 10.5 Å². The van der Waals surface area contributed by atoms with E-state index < -0.39 is 0 Å². The van der Waals surface area contributed by atoms with Gasteiger partial charge in [0.1, 0.15) is 5.75 Å². The number of carbonyl (C=O) groups is 2. The van der Waals surface area contributed by atoms with E-state index in [2.05, 4.69) is 0 Å². The normalized spacial score (nSPS) is 15.9. The lowest BCUT2D eigenvalue weighted by molar-refractivity contribution is -0.130. The second kappa shape index (κ2) is 7.31. The summed E-state index contributed by atoms with van der Waals surface area (Å²) in [5.74, 6) is 0.422. The van der Waals surface area contributed by atoms with Crippen LogP contribution in [0.15, 0.2) is 18.2 Å². The van der Waals surface area contributed by atoms with E-state index in [-0.39, 0.29) is 17.7 Å². The maximum absolute atomic E-state index is 12.3. The molecule has 5 heteroatoms. The van der Waals surface area contributed by atoms with E-state index in [0.29, 0.717) is 25.9 Å². The highest BCUT2D eigenvalue weighted by atomic mass is 16.5. The van der Waals surface area contributed by atoms with Crippen molar-refractivity contribution < 1.29 is 14.3 Å². The van der Waals surface area contributed by atoms with E-state index in [0.717, 1.165) is 22.4 Å². The minimum absolute atomic E-state index is 0.0254. The van der Waals surface area contributed by atoms with Crippen molar-refractivity contribution in [3.05, 3.63) is 34.9 Å². The second-order valence-electron chi connectivity index (χ2n) is 6.01.